The van der Waals surface area contributed by atoms with Crippen molar-refractivity contribution in [3.8, 4) is 11.4 Å². The Bertz CT molecular complexity index is 1020. The highest BCUT2D eigenvalue weighted by Gasteiger charge is 2.31. The van der Waals surface area contributed by atoms with Crippen molar-refractivity contribution in [2.45, 2.75) is 38.3 Å². The summed E-state index contributed by atoms with van der Waals surface area (Å²) in [6.45, 7) is 2.10. The van der Waals surface area contributed by atoms with Crippen LogP contribution in [0, 0.1) is 0 Å². The lowest BCUT2D eigenvalue weighted by atomic mass is 9.88. The highest BCUT2D eigenvalue weighted by atomic mass is 32.1. The Hall–Kier alpha value is -2.15. The number of hydrogen-bond donors (Lipinski definition) is 1. The number of nitrogens with zero attached hydrogens (tertiary/aromatic N) is 1. The third kappa shape index (κ3) is 2.76. The van der Waals surface area contributed by atoms with Crippen molar-refractivity contribution in [3.63, 3.8) is 0 Å². The van der Waals surface area contributed by atoms with E-state index in [1.54, 1.807) is 0 Å². The first-order valence-electron chi connectivity index (χ1n) is 8.08. The molecule has 0 spiro atoms. The lowest BCUT2D eigenvalue weighted by molar-refractivity contribution is -0.137. The number of alkyl halides is 3. The van der Waals surface area contributed by atoms with Crippen molar-refractivity contribution >= 4 is 21.6 Å². The van der Waals surface area contributed by atoms with E-state index in [0.29, 0.717) is 16.1 Å². The average molecular weight is 364 g/mol. The zero-order valence-electron chi connectivity index (χ0n) is 13.4. The summed E-state index contributed by atoms with van der Waals surface area (Å²) >= 11 is 1.48. The Morgan fingerprint density at radius 1 is 1.32 bits per heavy atom. The first kappa shape index (κ1) is 16.3. The molecule has 0 aliphatic heterocycles. The van der Waals surface area contributed by atoms with E-state index in [9.17, 15) is 18.0 Å². The summed E-state index contributed by atoms with van der Waals surface area (Å²) < 4.78 is 38.8. The molecule has 130 valence electrons. The van der Waals surface area contributed by atoms with Gasteiger partial charge in [0, 0.05) is 10.4 Å². The molecule has 3 aromatic rings. The van der Waals surface area contributed by atoms with Crippen molar-refractivity contribution < 1.29 is 13.2 Å². The van der Waals surface area contributed by atoms with E-state index >= 15 is 0 Å². The van der Waals surface area contributed by atoms with E-state index < -0.39 is 11.7 Å². The largest absolute Gasteiger partial charge is 0.416 e. The van der Waals surface area contributed by atoms with Crippen LogP contribution in [0.5, 0.6) is 0 Å². The molecule has 0 saturated carbocycles. The zero-order chi connectivity index (χ0) is 17.8. The van der Waals surface area contributed by atoms with Crippen LogP contribution in [-0.4, -0.2) is 9.97 Å². The van der Waals surface area contributed by atoms with Gasteiger partial charge in [-0.15, -0.1) is 11.3 Å². The molecule has 1 unspecified atom stereocenters. The molecule has 4 rings (SSSR count). The lowest BCUT2D eigenvalue weighted by Gasteiger charge is -2.18. The van der Waals surface area contributed by atoms with Crippen LogP contribution in [0.4, 0.5) is 13.2 Å². The Kier molecular flexibility index (Phi) is 3.72. The van der Waals surface area contributed by atoms with Gasteiger partial charge in [-0.1, -0.05) is 19.1 Å². The summed E-state index contributed by atoms with van der Waals surface area (Å²) in [5, 5.41) is 0.600. The fraction of sp³-hybridized carbons (Fsp3) is 0.333. The van der Waals surface area contributed by atoms with Crippen LogP contribution < -0.4 is 5.56 Å². The Morgan fingerprint density at radius 2 is 2.12 bits per heavy atom. The number of nitrogens with one attached hydrogen (secondary N) is 1. The fourth-order valence-electron chi connectivity index (χ4n) is 3.47. The van der Waals surface area contributed by atoms with Gasteiger partial charge in [0.1, 0.15) is 10.7 Å². The van der Waals surface area contributed by atoms with E-state index in [4.69, 9.17) is 0 Å². The standard InChI is InChI=1S/C18H15F3N2OS/c1-9-4-2-7-12-13(9)14-16(24)22-15(23-17(14)25-12)10-5-3-6-11(8-10)18(19,20)21/h3,5-6,8-9H,2,4,7H2,1H3,(H,22,23,24). The number of rotatable bonds is 1. The van der Waals surface area contributed by atoms with Crippen molar-refractivity contribution in [2.24, 2.45) is 0 Å². The van der Waals surface area contributed by atoms with Gasteiger partial charge in [-0.25, -0.2) is 4.98 Å². The minimum absolute atomic E-state index is 0.176. The average Bonchev–Trinajstić information content (AvgIpc) is 2.94. The van der Waals surface area contributed by atoms with E-state index in [0.717, 1.165) is 37.0 Å². The van der Waals surface area contributed by atoms with Gasteiger partial charge < -0.3 is 4.98 Å². The number of benzene rings is 1. The maximum absolute atomic E-state index is 12.9. The monoisotopic (exact) mass is 364 g/mol. The van der Waals surface area contributed by atoms with Crippen LogP contribution in [-0.2, 0) is 12.6 Å². The maximum atomic E-state index is 12.9. The number of aryl methyl sites for hydroxylation is 1. The topological polar surface area (TPSA) is 45.8 Å². The second kappa shape index (κ2) is 5.69. The van der Waals surface area contributed by atoms with Gasteiger partial charge in [-0.05, 0) is 42.9 Å². The van der Waals surface area contributed by atoms with E-state index in [1.807, 2.05) is 0 Å². The molecule has 1 aliphatic rings. The Morgan fingerprint density at radius 3 is 2.88 bits per heavy atom. The van der Waals surface area contributed by atoms with Crippen molar-refractivity contribution in [1.82, 2.24) is 9.97 Å². The van der Waals surface area contributed by atoms with Crippen LogP contribution in [0.1, 0.15) is 41.7 Å². The summed E-state index contributed by atoms with van der Waals surface area (Å²) in [5.41, 5.74) is 0.291. The molecule has 0 saturated heterocycles. The number of hydrogen-bond acceptors (Lipinski definition) is 3. The zero-order valence-corrected chi connectivity index (χ0v) is 14.2. The van der Waals surface area contributed by atoms with Crippen LogP contribution in [0.2, 0.25) is 0 Å². The predicted molar refractivity (Wildman–Crippen MR) is 92.0 cm³/mol. The molecule has 1 atom stereocenters. The first-order valence-corrected chi connectivity index (χ1v) is 8.89. The molecule has 2 heterocycles. The number of fused-ring (bicyclic) bond motifs is 3. The summed E-state index contributed by atoms with van der Waals surface area (Å²) in [6.07, 6.45) is -1.38. The van der Waals surface area contributed by atoms with Gasteiger partial charge in [0.15, 0.2) is 0 Å². The summed E-state index contributed by atoms with van der Waals surface area (Å²) in [7, 11) is 0. The summed E-state index contributed by atoms with van der Waals surface area (Å²) in [4.78, 5) is 21.5. The van der Waals surface area contributed by atoms with E-state index in [-0.39, 0.29) is 16.9 Å². The normalized spacial score (nSPS) is 17.7. The lowest BCUT2D eigenvalue weighted by Crippen LogP contribution is -2.13. The fourth-order valence-corrected chi connectivity index (χ4v) is 4.81. The third-order valence-electron chi connectivity index (χ3n) is 4.67. The smallest absolute Gasteiger partial charge is 0.306 e. The molecule has 2 aromatic heterocycles. The van der Waals surface area contributed by atoms with Gasteiger partial charge in [0.05, 0.1) is 10.9 Å². The van der Waals surface area contributed by atoms with Crippen molar-refractivity contribution in [2.75, 3.05) is 0 Å². The minimum Gasteiger partial charge on any atom is -0.306 e. The van der Waals surface area contributed by atoms with E-state index in [1.165, 1.54) is 28.3 Å². The molecular formula is C18H15F3N2OS. The van der Waals surface area contributed by atoms with Crippen LogP contribution in [0.15, 0.2) is 29.1 Å². The highest BCUT2D eigenvalue weighted by molar-refractivity contribution is 7.18. The van der Waals surface area contributed by atoms with Crippen LogP contribution in [0.3, 0.4) is 0 Å². The quantitative estimate of drug-likeness (QED) is 0.652. The van der Waals surface area contributed by atoms with E-state index in [2.05, 4.69) is 16.9 Å². The van der Waals surface area contributed by atoms with Crippen LogP contribution in [0.25, 0.3) is 21.6 Å². The second-order valence-corrected chi connectivity index (χ2v) is 7.49. The number of aromatic nitrogens is 2. The van der Waals surface area contributed by atoms with Gasteiger partial charge in [-0.3, -0.25) is 4.79 Å². The van der Waals surface area contributed by atoms with Gasteiger partial charge in [-0.2, -0.15) is 13.2 Å². The van der Waals surface area contributed by atoms with Crippen molar-refractivity contribution in [3.05, 3.63) is 50.6 Å². The summed E-state index contributed by atoms with van der Waals surface area (Å²) in [6, 6.07) is 4.87. The number of thiophene rings is 1. The molecule has 3 nitrogen and oxygen atoms in total. The maximum Gasteiger partial charge on any atom is 0.416 e. The number of H-pyrrole nitrogens is 1. The molecule has 0 fully saturated rings. The van der Waals surface area contributed by atoms with Crippen molar-refractivity contribution in [1.29, 1.82) is 0 Å². The summed E-state index contributed by atoms with van der Waals surface area (Å²) in [5.74, 6) is 0.481. The molecule has 1 aromatic carbocycles. The highest BCUT2D eigenvalue weighted by Crippen LogP contribution is 2.40. The molecule has 0 bridgehead atoms. The molecule has 1 aliphatic carbocycles. The minimum atomic E-state index is -4.43. The molecule has 0 radical (unpaired) electrons. The molecule has 25 heavy (non-hydrogen) atoms. The molecule has 7 heteroatoms. The SMILES string of the molecule is CC1CCCc2sc3nc(-c4cccc(C(F)(F)F)c4)[nH]c(=O)c3c21. The Labute approximate surface area is 145 Å². The van der Waals surface area contributed by atoms with Gasteiger partial charge in [0.25, 0.3) is 5.56 Å². The first-order chi connectivity index (χ1) is 11.8. The molecular weight excluding hydrogens is 349 g/mol. The van der Waals surface area contributed by atoms with Gasteiger partial charge in [0.2, 0.25) is 0 Å². The molecule has 1 N–H and O–H groups in total. The molecule has 0 amide bonds. The number of aromatic amines is 1. The predicted octanol–water partition coefficient (Wildman–Crippen LogP) is 5.11. The second-order valence-electron chi connectivity index (χ2n) is 6.41. The van der Waals surface area contributed by atoms with Gasteiger partial charge >= 0.3 is 6.18 Å². The Balaban J connectivity index is 1.89. The number of halogens is 3. The van der Waals surface area contributed by atoms with Crippen LogP contribution >= 0.6 is 11.3 Å². The third-order valence-corrected chi connectivity index (χ3v) is 5.83.